The van der Waals surface area contributed by atoms with Gasteiger partial charge in [-0.05, 0) is 50.2 Å². The number of hydrogen-bond donors (Lipinski definition) is 0. The first-order chi connectivity index (χ1) is 12.3. The number of halogens is 3. The molecule has 0 radical (unpaired) electrons. The Morgan fingerprint density at radius 2 is 2.00 bits per heavy atom. The molecule has 2 aromatic rings. The molecule has 7 heteroatoms. The summed E-state index contributed by atoms with van der Waals surface area (Å²) in [5.74, 6) is -0.923. The van der Waals surface area contributed by atoms with E-state index in [-0.39, 0.29) is 6.10 Å². The Balaban J connectivity index is 2.24. The lowest BCUT2D eigenvalue weighted by Gasteiger charge is -2.21. The van der Waals surface area contributed by atoms with E-state index in [0.29, 0.717) is 30.7 Å². The molecule has 0 amide bonds. The van der Waals surface area contributed by atoms with Crippen LogP contribution in [-0.4, -0.2) is 36.1 Å². The summed E-state index contributed by atoms with van der Waals surface area (Å²) < 4.78 is 44.2. The summed E-state index contributed by atoms with van der Waals surface area (Å²) in [6, 6.07) is 5.51. The summed E-state index contributed by atoms with van der Waals surface area (Å²) >= 11 is 0. The number of rotatable bonds is 8. The second-order valence-electron chi connectivity index (χ2n) is 6.25. The Morgan fingerprint density at radius 3 is 2.65 bits per heavy atom. The molecular weight excluding hydrogens is 345 g/mol. The van der Waals surface area contributed by atoms with E-state index < -0.39 is 17.8 Å². The molecule has 0 aliphatic rings. The first-order valence-electron chi connectivity index (χ1n) is 8.13. The molecule has 0 bridgehead atoms. The maximum absolute atomic E-state index is 13.5. The van der Waals surface area contributed by atoms with E-state index in [2.05, 4.69) is 4.98 Å². The van der Waals surface area contributed by atoms with E-state index in [9.17, 15) is 18.0 Å². The van der Waals surface area contributed by atoms with Crippen LogP contribution in [0.25, 0.3) is 11.1 Å². The molecule has 1 heterocycles. The molecule has 1 atom stereocenters. The first-order valence-corrected chi connectivity index (χ1v) is 8.13. The Kier molecular flexibility index (Phi) is 6.74. The molecule has 26 heavy (non-hydrogen) atoms. The van der Waals surface area contributed by atoms with Crippen LogP contribution in [0.15, 0.2) is 30.5 Å². The van der Waals surface area contributed by atoms with Gasteiger partial charge in [0.2, 0.25) is 0 Å². The van der Waals surface area contributed by atoms with Crippen LogP contribution < -0.4 is 0 Å². The summed E-state index contributed by atoms with van der Waals surface area (Å²) in [6.07, 6.45) is -1.54. The Hall–Kier alpha value is -2.41. The molecule has 140 valence electrons. The molecular formula is C19H21F3N2O2. The molecule has 0 aliphatic heterocycles. The maximum Gasteiger partial charge on any atom is 0.293 e. The van der Waals surface area contributed by atoms with Crippen molar-refractivity contribution in [1.82, 2.24) is 9.88 Å². The number of benzene rings is 1. The number of carbonyl (C=O) groups is 1. The van der Waals surface area contributed by atoms with E-state index in [1.807, 2.05) is 24.9 Å². The lowest BCUT2D eigenvalue weighted by Crippen LogP contribution is -2.29. The lowest BCUT2D eigenvalue weighted by atomic mass is 10.0. The van der Waals surface area contributed by atoms with Gasteiger partial charge in [0.25, 0.3) is 12.9 Å². The highest BCUT2D eigenvalue weighted by molar-refractivity contribution is 5.64. The van der Waals surface area contributed by atoms with E-state index in [1.165, 1.54) is 6.07 Å². The van der Waals surface area contributed by atoms with Crippen LogP contribution in [0.3, 0.4) is 0 Å². The number of alkyl halides is 2. The van der Waals surface area contributed by atoms with E-state index in [4.69, 9.17) is 4.74 Å². The number of aromatic nitrogens is 1. The van der Waals surface area contributed by atoms with Crippen molar-refractivity contribution in [3.05, 3.63) is 53.1 Å². The zero-order chi connectivity index (χ0) is 19.3. The van der Waals surface area contributed by atoms with Crippen molar-refractivity contribution in [2.45, 2.75) is 32.9 Å². The van der Waals surface area contributed by atoms with Crippen LogP contribution >= 0.6 is 0 Å². The summed E-state index contributed by atoms with van der Waals surface area (Å²) in [5, 5.41) is 0. The van der Waals surface area contributed by atoms with E-state index in [0.717, 1.165) is 23.4 Å². The molecule has 0 fully saturated rings. The summed E-state index contributed by atoms with van der Waals surface area (Å²) in [6.45, 7) is 5.14. The smallest absolute Gasteiger partial charge is 0.293 e. The van der Waals surface area contributed by atoms with Crippen molar-refractivity contribution in [3.8, 4) is 11.1 Å². The average molecular weight is 366 g/mol. The zero-order valence-corrected chi connectivity index (χ0v) is 14.9. The second kappa shape index (κ2) is 8.80. The summed E-state index contributed by atoms with van der Waals surface area (Å²) in [4.78, 5) is 16.7. The maximum atomic E-state index is 13.5. The minimum Gasteiger partial charge on any atom is -0.464 e. The van der Waals surface area contributed by atoms with Gasteiger partial charge in [-0.15, -0.1) is 0 Å². The van der Waals surface area contributed by atoms with E-state index >= 15 is 0 Å². The van der Waals surface area contributed by atoms with Gasteiger partial charge in [-0.3, -0.25) is 14.7 Å². The fraction of sp³-hybridized carbons (Fsp3) is 0.368. The second-order valence-corrected chi connectivity index (χ2v) is 6.25. The van der Waals surface area contributed by atoms with Crippen molar-refractivity contribution in [2.75, 3.05) is 13.6 Å². The number of ether oxygens (including phenoxy) is 1. The molecule has 1 unspecified atom stereocenters. The van der Waals surface area contributed by atoms with Crippen LogP contribution in [0.5, 0.6) is 0 Å². The Bertz CT molecular complexity index is 768. The standard InChI is InChI=1S/C19H21F3N2O2/c1-12(26-11-25)9-24(3)10-16-6-15(8-23-13(16)2)14-4-5-18(20)17(7-14)19(21)22/h4-8,11-12,19H,9-10H2,1-3H3. The molecule has 2 rings (SSSR count). The van der Waals surface area contributed by atoms with E-state index in [1.54, 1.807) is 13.1 Å². The molecule has 0 N–H and O–H groups in total. The van der Waals surface area contributed by atoms with Gasteiger partial charge in [-0.1, -0.05) is 6.07 Å². The number of carbonyl (C=O) groups excluding carboxylic acids is 1. The average Bonchev–Trinajstić information content (AvgIpc) is 2.57. The fourth-order valence-electron chi connectivity index (χ4n) is 2.72. The topological polar surface area (TPSA) is 42.4 Å². The van der Waals surface area contributed by atoms with Crippen molar-refractivity contribution in [1.29, 1.82) is 0 Å². The number of nitrogens with zero attached hydrogens (tertiary/aromatic N) is 2. The van der Waals surface area contributed by atoms with Crippen molar-refractivity contribution >= 4 is 6.47 Å². The van der Waals surface area contributed by atoms with Crippen LogP contribution in [0.2, 0.25) is 0 Å². The Morgan fingerprint density at radius 1 is 1.27 bits per heavy atom. The summed E-state index contributed by atoms with van der Waals surface area (Å²) in [5.41, 5.74) is 2.21. The zero-order valence-electron chi connectivity index (χ0n) is 14.9. The van der Waals surface area contributed by atoms with Gasteiger partial charge >= 0.3 is 0 Å². The van der Waals surface area contributed by atoms with Crippen LogP contribution in [-0.2, 0) is 16.1 Å². The van der Waals surface area contributed by atoms with Gasteiger partial charge in [-0.2, -0.15) is 0 Å². The fourth-order valence-corrected chi connectivity index (χ4v) is 2.72. The molecule has 0 saturated carbocycles. The van der Waals surface area contributed by atoms with Gasteiger partial charge in [0.05, 0.1) is 5.56 Å². The summed E-state index contributed by atoms with van der Waals surface area (Å²) in [7, 11) is 1.88. The predicted octanol–water partition coefficient (Wildman–Crippen LogP) is 4.13. The highest BCUT2D eigenvalue weighted by atomic mass is 19.3. The van der Waals surface area contributed by atoms with Crippen LogP contribution in [0.4, 0.5) is 13.2 Å². The SMILES string of the molecule is Cc1ncc(-c2ccc(F)c(C(F)F)c2)cc1CN(C)CC(C)OC=O. The molecule has 0 spiro atoms. The highest BCUT2D eigenvalue weighted by Gasteiger charge is 2.15. The molecule has 1 aromatic carbocycles. The van der Waals surface area contributed by atoms with Gasteiger partial charge in [0.15, 0.2) is 0 Å². The molecule has 4 nitrogen and oxygen atoms in total. The number of pyridine rings is 1. The minimum atomic E-state index is -2.88. The Labute approximate surface area is 150 Å². The third-order valence-electron chi connectivity index (χ3n) is 4.05. The number of likely N-dealkylation sites (N-methyl/N-ethyl adjacent to an activating group) is 1. The van der Waals surface area contributed by atoms with Gasteiger partial charge in [0.1, 0.15) is 11.9 Å². The molecule has 1 aromatic heterocycles. The highest BCUT2D eigenvalue weighted by Crippen LogP contribution is 2.28. The minimum absolute atomic E-state index is 0.250. The van der Waals surface area contributed by atoms with Crippen LogP contribution in [0.1, 0.15) is 30.2 Å². The number of aryl methyl sites for hydroxylation is 1. The quantitative estimate of drug-likeness (QED) is 0.659. The van der Waals surface area contributed by atoms with Crippen LogP contribution in [0, 0.1) is 12.7 Å². The van der Waals surface area contributed by atoms with Gasteiger partial charge < -0.3 is 4.74 Å². The monoisotopic (exact) mass is 366 g/mol. The largest absolute Gasteiger partial charge is 0.464 e. The third-order valence-corrected chi connectivity index (χ3v) is 4.05. The number of hydrogen-bond acceptors (Lipinski definition) is 4. The van der Waals surface area contributed by atoms with Crippen molar-refractivity contribution < 1.29 is 22.7 Å². The predicted molar refractivity (Wildman–Crippen MR) is 92.3 cm³/mol. The van der Waals surface area contributed by atoms with Gasteiger partial charge in [-0.25, -0.2) is 13.2 Å². The molecule has 0 aliphatic carbocycles. The lowest BCUT2D eigenvalue weighted by molar-refractivity contribution is -0.133. The normalized spacial score (nSPS) is 12.5. The van der Waals surface area contributed by atoms with Crippen molar-refractivity contribution in [2.24, 2.45) is 0 Å². The van der Waals surface area contributed by atoms with Gasteiger partial charge in [0, 0.05) is 30.5 Å². The third kappa shape index (κ3) is 5.05. The first kappa shape index (κ1) is 19.9. The van der Waals surface area contributed by atoms with Crippen molar-refractivity contribution in [3.63, 3.8) is 0 Å². The molecule has 0 saturated heterocycles.